The molecule has 0 aromatic carbocycles. The van der Waals surface area contributed by atoms with Gasteiger partial charge in [0.1, 0.15) is 11.7 Å². The first-order valence-corrected chi connectivity index (χ1v) is 4.31. The van der Waals surface area contributed by atoms with Crippen molar-refractivity contribution >= 4 is 11.8 Å². The van der Waals surface area contributed by atoms with E-state index in [1.807, 2.05) is 0 Å². The van der Waals surface area contributed by atoms with Gasteiger partial charge >= 0.3 is 0 Å². The number of likely N-dealkylation sites (N-methyl/N-ethyl adjacent to an activating group) is 1. The quantitative estimate of drug-likeness (QED) is 0.629. The molecule has 1 atom stereocenters. The van der Waals surface area contributed by atoms with Crippen LogP contribution >= 0.6 is 0 Å². The van der Waals surface area contributed by atoms with Gasteiger partial charge in [-0.1, -0.05) is 0 Å². The second-order valence-corrected chi connectivity index (χ2v) is 2.89. The van der Waals surface area contributed by atoms with E-state index in [0.29, 0.717) is 5.69 Å². The molecular formula is C9H13N3O2. The average molecular weight is 195 g/mol. The summed E-state index contributed by atoms with van der Waals surface area (Å²) in [6.07, 6.45) is 1.65. The van der Waals surface area contributed by atoms with Crippen LogP contribution in [0, 0.1) is 0 Å². The highest BCUT2D eigenvalue weighted by Gasteiger charge is 2.14. The van der Waals surface area contributed by atoms with Crippen molar-refractivity contribution in [2.24, 2.45) is 0 Å². The minimum atomic E-state index is -0.532. The summed E-state index contributed by atoms with van der Waals surface area (Å²) in [6.45, 7) is 1.62. The van der Waals surface area contributed by atoms with Crippen LogP contribution in [0.1, 0.15) is 17.4 Å². The third-order valence-corrected chi connectivity index (χ3v) is 1.83. The average Bonchev–Trinajstić information content (AvgIpc) is 2.69. The molecule has 76 valence electrons. The number of aromatic nitrogens is 1. The monoisotopic (exact) mass is 195 g/mol. The van der Waals surface area contributed by atoms with E-state index >= 15 is 0 Å². The van der Waals surface area contributed by atoms with E-state index in [4.69, 9.17) is 0 Å². The Morgan fingerprint density at radius 1 is 1.50 bits per heavy atom. The van der Waals surface area contributed by atoms with Crippen LogP contribution in [0.4, 0.5) is 0 Å². The number of carbonyl (C=O) groups excluding carboxylic acids is 2. The second kappa shape index (κ2) is 4.45. The van der Waals surface area contributed by atoms with Crippen molar-refractivity contribution < 1.29 is 9.59 Å². The van der Waals surface area contributed by atoms with E-state index in [1.165, 1.54) is 7.05 Å². The summed E-state index contributed by atoms with van der Waals surface area (Å²) in [7, 11) is 1.53. The number of aromatic amines is 1. The second-order valence-electron chi connectivity index (χ2n) is 2.89. The first kappa shape index (κ1) is 10.3. The number of hydrogen-bond donors (Lipinski definition) is 3. The van der Waals surface area contributed by atoms with Gasteiger partial charge in [0.05, 0.1) is 0 Å². The normalized spacial score (nSPS) is 11.9. The summed E-state index contributed by atoms with van der Waals surface area (Å²) in [5.74, 6) is -0.504. The molecule has 0 spiro atoms. The number of nitrogens with one attached hydrogen (secondary N) is 3. The van der Waals surface area contributed by atoms with Crippen LogP contribution < -0.4 is 10.6 Å². The van der Waals surface area contributed by atoms with Crippen LogP contribution in [0.2, 0.25) is 0 Å². The Hall–Kier alpha value is -1.78. The van der Waals surface area contributed by atoms with Gasteiger partial charge in [-0.3, -0.25) is 9.59 Å². The van der Waals surface area contributed by atoms with E-state index in [-0.39, 0.29) is 11.8 Å². The molecule has 0 fully saturated rings. The number of amides is 2. The molecule has 1 rings (SSSR count). The highest BCUT2D eigenvalue weighted by molar-refractivity contribution is 5.95. The largest absolute Gasteiger partial charge is 0.357 e. The maximum atomic E-state index is 11.4. The van der Waals surface area contributed by atoms with Crippen LogP contribution in [-0.2, 0) is 4.79 Å². The fraction of sp³-hybridized carbons (Fsp3) is 0.333. The molecule has 2 amide bonds. The lowest BCUT2D eigenvalue weighted by Crippen LogP contribution is -2.43. The third kappa shape index (κ3) is 2.35. The molecule has 5 heteroatoms. The SMILES string of the molecule is CNC(=O)[C@H](C)NC(=O)c1ccc[nH]1. The lowest BCUT2D eigenvalue weighted by atomic mass is 10.3. The van der Waals surface area contributed by atoms with E-state index < -0.39 is 6.04 Å². The zero-order chi connectivity index (χ0) is 10.6. The predicted molar refractivity (Wildman–Crippen MR) is 51.8 cm³/mol. The Bertz CT molecular complexity index is 319. The standard InChI is InChI=1S/C9H13N3O2/c1-6(8(13)10-2)12-9(14)7-4-3-5-11-7/h3-6,11H,1-2H3,(H,10,13)(H,12,14)/t6-/m0/s1. The molecule has 0 bridgehead atoms. The number of hydrogen-bond acceptors (Lipinski definition) is 2. The summed E-state index contributed by atoms with van der Waals surface area (Å²) in [5, 5.41) is 5.00. The van der Waals surface area contributed by atoms with Gasteiger partial charge in [-0.05, 0) is 19.1 Å². The van der Waals surface area contributed by atoms with Gasteiger partial charge in [0.2, 0.25) is 5.91 Å². The Morgan fingerprint density at radius 2 is 2.21 bits per heavy atom. The molecule has 0 aliphatic carbocycles. The molecule has 0 saturated heterocycles. The highest BCUT2D eigenvalue weighted by atomic mass is 16.2. The first-order valence-electron chi connectivity index (χ1n) is 4.31. The number of rotatable bonds is 3. The van der Waals surface area contributed by atoms with Gasteiger partial charge in [-0.15, -0.1) is 0 Å². The maximum absolute atomic E-state index is 11.4. The smallest absolute Gasteiger partial charge is 0.268 e. The summed E-state index contributed by atoms with van der Waals surface area (Å²) in [4.78, 5) is 25.3. The molecule has 0 saturated carbocycles. The lowest BCUT2D eigenvalue weighted by molar-refractivity contribution is -0.122. The summed E-state index contributed by atoms with van der Waals surface area (Å²) in [5.41, 5.74) is 0.445. The Morgan fingerprint density at radius 3 is 2.71 bits per heavy atom. The highest BCUT2D eigenvalue weighted by Crippen LogP contribution is 1.94. The van der Waals surface area contributed by atoms with Crippen LogP contribution in [0.5, 0.6) is 0 Å². The van der Waals surface area contributed by atoms with Crippen molar-refractivity contribution in [3.8, 4) is 0 Å². The molecule has 0 aliphatic rings. The van der Waals surface area contributed by atoms with E-state index in [9.17, 15) is 9.59 Å². The van der Waals surface area contributed by atoms with Crippen molar-refractivity contribution in [1.29, 1.82) is 0 Å². The summed E-state index contributed by atoms with van der Waals surface area (Å²) >= 11 is 0. The van der Waals surface area contributed by atoms with Crippen LogP contribution in [0.25, 0.3) is 0 Å². The predicted octanol–water partition coefficient (Wildman–Crippen LogP) is -0.121. The van der Waals surface area contributed by atoms with Crippen LogP contribution in [0.3, 0.4) is 0 Å². The Labute approximate surface area is 81.9 Å². The molecule has 3 N–H and O–H groups in total. The summed E-state index contributed by atoms with van der Waals surface area (Å²) < 4.78 is 0. The van der Waals surface area contributed by atoms with Gasteiger partial charge in [0, 0.05) is 13.2 Å². The Balaban J connectivity index is 2.53. The fourth-order valence-corrected chi connectivity index (χ4v) is 1.03. The van der Waals surface area contributed by atoms with Gasteiger partial charge < -0.3 is 15.6 Å². The van der Waals surface area contributed by atoms with Crippen LogP contribution in [0.15, 0.2) is 18.3 Å². The van der Waals surface area contributed by atoms with Gasteiger partial charge in [0.25, 0.3) is 5.91 Å². The van der Waals surface area contributed by atoms with Crippen molar-refractivity contribution in [3.63, 3.8) is 0 Å². The Kier molecular flexibility index (Phi) is 3.28. The minimum absolute atomic E-state index is 0.218. The lowest BCUT2D eigenvalue weighted by Gasteiger charge is -2.10. The van der Waals surface area contributed by atoms with Crippen molar-refractivity contribution in [2.75, 3.05) is 7.05 Å². The van der Waals surface area contributed by atoms with Crippen LogP contribution in [-0.4, -0.2) is 29.9 Å². The van der Waals surface area contributed by atoms with Crippen molar-refractivity contribution in [3.05, 3.63) is 24.0 Å². The molecule has 0 aliphatic heterocycles. The van der Waals surface area contributed by atoms with E-state index in [0.717, 1.165) is 0 Å². The molecule has 0 unspecified atom stereocenters. The molecule has 1 heterocycles. The van der Waals surface area contributed by atoms with E-state index in [1.54, 1.807) is 25.3 Å². The maximum Gasteiger partial charge on any atom is 0.268 e. The molecular weight excluding hydrogens is 182 g/mol. The molecule has 14 heavy (non-hydrogen) atoms. The van der Waals surface area contributed by atoms with Crippen molar-refractivity contribution in [2.45, 2.75) is 13.0 Å². The number of carbonyl (C=O) groups is 2. The summed E-state index contributed by atoms with van der Waals surface area (Å²) in [6, 6.07) is 2.83. The molecule has 0 radical (unpaired) electrons. The zero-order valence-corrected chi connectivity index (χ0v) is 8.13. The molecule has 1 aromatic rings. The molecule has 5 nitrogen and oxygen atoms in total. The first-order chi connectivity index (χ1) is 6.65. The zero-order valence-electron chi connectivity index (χ0n) is 8.13. The fourth-order valence-electron chi connectivity index (χ4n) is 1.03. The van der Waals surface area contributed by atoms with Gasteiger partial charge in [-0.25, -0.2) is 0 Å². The minimum Gasteiger partial charge on any atom is -0.357 e. The van der Waals surface area contributed by atoms with Gasteiger partial charge in [0.15, 0.2) is 0 Å². The van der Waals surface area contributed by atoms with E-state index in [2.05, 4.69) is 15.6 Å². The third-order valence-electron chi connectivity index (χ3n) is 1.83. The number of H-pyrrole nitrogens is 1. The molecule has 1 aromatic heterocycles. The van der Waals surface area contributed by atoms with Gasteiger partial charge in [-0.2, -0.15) is 0 Å². The topological polar surface area (TPSA) is 74.0 Å². The van der Waals surface area contributed by atoms with Crippen molar-refractivity contribution in [1.82, 2.24) is 15.6 Å².